The van der Waals surface area contributed by atoms with Crippen molar-refractivity contribution in [2.75, 3.05) is 0 Å². The molecule has 2 amide bonds. The number of carbonyl (C=O) groups is 2. The van der Waals surface area contributed by atoms with Gasteiger partial charge < -0.3 is 0 Å². The zero-order valence-corrected chi connectivity index (χ0v) is 7.20. The largest absolute Gasteiger partial charge is 0.294 e. The quantitative estimate of drug-likeness (QED) is 0.502. The third-order valence-electron chi connectivity index (χ3n) is 2.49. The predicted molar refractivity (Wildman–Crippen MR) is 46.9 cm³/mol. The van der Waals surface area contributed by atoms with Crippen molar-refractivity contribution in [1.29, 1.82) is 0 Å². The third kappa shape index (κ3) is 0.900. The second-order valence-corrected chi connectivity index (χ2v) is 3.27. The van der Waals surface area contributed by atoms with Gasteiger partial charge >= 0.3 is 0 Å². The van der Waals surface area contributed by atoms with Crippen molar-refractivity contribution < 1.29 is 9.59 Å². The molecular weight excluding hydrogens is 166 g/mol. The van der Waals surface area contributed by atoms with E-state index in [9.17, 15) is 9.59 Å². The molecule has 1 N–H and O–H groups in total. The van der Waals surface area contributed by atoms with E-state index < -0.39 is 5.41 Å². The molecule has 3 nitrogen and oxygen atoms in total. The van der Waals surface area contributed by atoms with Crippen LogP contribution in [0.25, 0.3) is 0 Å². The van der Waals surface area contributed by atoms with E-state index in [0.29, 0.717) is 0 Å². The van der Waals surface area contributed by atoms with Crippen molar-refractivity contribution >= 4 is 11.8 Å². The second kappa shape index (κ2) is 2.42. The Morgan fingerprint density at radius 1 is 1.08 bits per heavy atom. The summed E-state index contributed by atoms with van der Waals surface area (Å²) in [6.07, 6.45) is 0. The summed E-state index contributed by atoms with van der Waals surface area (Å²) < 4.78 is 0. The van der Waals surface area contributed by atoms with Crippen LogP contribution < -0.4 is 5.32 Å². The molecule has 1 heterocycles. The number of β-lactam (4-membered cyclic amide) rings is 2. The number of hydrogen-bond acceptors (Lipinski definition) is 2. The summed E-state index contributed by atoms with van der Waals surface area (Å²) in [7, 11) is 0. The minimum Gasteiger partial charge on any atom is -0.294 e. The zero-order chi connectivity index (χ0) is 9.47. The zero-order valence-electron chi connectivity index (χ0n) is 7.20. The number of hydrogen-bond donors (Lipinski definition) is 1. The molecule has 1 aromatic rings. The van der Waals surface area contributed by atoms with Gasteiger partial charge in [0.25, 0.3) is 0 Å². The van der Waals surface area contributed by atoms with E-state index >= 15 is 0 Å². The molecule has 1 aliphatic heterocycles. The van der Waals surface area contributed by atoms with E-state index in [4.69, 9.17) is 0 Å². The fourth-order valence-electron chi connectivity index (χ4n) is 1.43. The van der Waals surface area contributed by atoms with E-state index in [-0.39, 0.29) is 11.8 Å². The van der Waals surface area contributed by atoms with Crippen LogP contribution in [0.5, 0.6) is 0 Å². The maximum Gasteiger partial charge on any atom is 0.246 e. The molecule has 66 valence electrons. The maximum absolute atomic E-state index is 11.2. The van der Waals surface area contributed by atoms with Crippen molar-refractivity contribution in [2.24, 2.45) is 0 Å². The fourth-order valence-corrected chi connectivity index (χ4v) is 1.43. The maximum atomic E-state index is 11.2. The van der Waals surface area contributed by atoms with E-state index in [1.807, 2.05) is 18.2 Å². The molecule has 0 unspecified atom stereocenters. The molecule has 0 aliphatic carbocycles. The Hall–Kier alpha value is -1.64. The highest BCUT2D eigenvalue weighted by Gasteiger charge is 2.52. The topological polar surface area (TPSA) is 46.2 Å². The number of benzene rings is 1. The SMILES string of the molecule is CC1(c2ccccc2)C(=O)NC1=O. The average molecular weight is 175 g/mol. The Morgan fingerprint density at radius 3 is 2.08 bits per heavy atom. The Bertz CT molecular complexity index is 356. The Labute approximate surface area is 75.8 Å². The Balaban J connectivity index is 2.46. The van der Waals surface area contributed by atoms with Crippen LogP contribution >= 0.6 is 0 Å². The van der Waals surface area contributed by atoms with Gasteiger partial charge in [-0.15, -0.1) is 0 Å². The lowest BCUT2D eigenvalue weighted by Crippen LogP contribution is -2.65. The van der Waals surface area contributed by atoms with Crippen molar-refractivity contribution in [1.82, 2.24) is 5.32 Å². The minimum atomic E-state index is -0.957. The van der Waals surface area contributed by atoms with Gasteiger partial charge in [-0.1, -0.05) is 30.3 Å². The smallest absolute Gasteiger partial charge is 0.246 e. The average Bonchev–Trinajstić information content (AvgIpc) is 2.18. The Morgan fingerprint density at radius 2 is 1.62 bits per heavy atom. The fraction of sp³-hybridized carbons (Fsp3) is 0.200. The lowest BCUT2D eigenvalue weighted by molar-refractivity contribution is -0.150. The first kappa shape index (κ1) is 7.98. The summed E-state index contributed by atoms with van der Waals surface area (Å²) in [4.78, 5) is 22.5. The van der Waals surface area contributed by atoms with Crippen LogP contribution in [0.1, 0.15) is 12.5 Å². The molecule has 1 saturated heterocycles. The van der Waals surface area contributed by atoms with Gasteiger partial charge in [0.15, 0.2) is 5.41 Å². The first-order valence-corrected chi connectivity index (χ1v) is 4.07. The molecule has 0 atom stereocenters. The molecule has 1 aromatic carbocycles. The Kier molecular flexibility index (Phi) is 1.49. The van der Waals surface area contributed by atoms with Crippen molar-refractivity contribution in [2.45, 2.75) is 12.3 Å². The highest BCUT2D eigenvalue weighted by molar-refractivity contribution is 6.26. The van der Waals surface area contributed by atoms with Crippen LogP contribution in [0, 0.1) is 0 Å². The third-order valence-corrected chi connectivity index (χ3v) is 2.49. The highest BCUT2D eigenvalue weighted by atomic mass is 16.2. The van der Waals surface area contributed by atoms with Crippen LogP contribution in [-0.4, -0.2) is 11.8 Å². The minimum absolute atomic E-state index is 0.219. The summed E-state index contributed by atoms with van der Waals surface area (Å²) in [5.74, 6) is -0.438. The lowest BCUT2D eigenvalue weighted by Gasteiger charge is -2.35. The van der Waals surface area contributed by atoms with Crippen LogP contribution in [0.2, 0.25) is 0 Å². The first-order chi connectivity index (χ1) is 6.15. The number of imide groups is 1. The first-order valence-electron chi connectivity index (χ1n) is 4.07. The van der Waals surface area contributed by atoms with Crippen molar-refractivity contribution in [3.63, 3.8) is 0 Å². The van der Waals surface area contributed by atoms with Crippen molar-refractivity contribution in [3.8, 4) is 0 Å². The number of amides is 2. The summed E-state index contributed by atoms with van der Waals surface area (Å²) in [5.41, 5.74) is -0.204. The van der Waals surface area contributed by atoms with Crippen LogP contribution in [0.3, 0.4) is 0 Å². The number of carbonyl (C=O) groups excluding carboxylic acids is 2. The highest BCUT2D eigenvalue weighted by Crippen LogP contribution is 2.29. The van der Waals surface area contributed by atoms with E-state index in [0.717, 1.165) is 5.56 Å². The van der Waals surface area contributed by atoms with Crippen LogP contribution in [-0.2, 0) is 15.0 Å². The summed E-state index contributed by atoms with van der Waals surface area (Å²) in [6, 6.07) is 9.07. The molecule has 1 aliphatic rings. The summed E-state index contributed by atoms with van der Waals surface area (Å²) >= 11 is 0. The second-order valence-electron chi connectivity index (χ2n) is 3.27. The molecule has 3 heteroatoms. The van der Waals surface area contributed by atoms with Gasteiger partial charge in [0, 0.05) is 0 Å². The molecule has 0 aromatic heterocycles. The normalized spacial score (nSPS) is 19.2. The number of nitrogens with one attached hydrogen (secondary N) is 1. The van der Waals surface area contributed by atoms with Gasteiger partial charge in [-0.05, 0) is 12.5 Å². The van der Waals surface area contributed by atoms with E-state index in [1.54, 1.807) is 19.1 Å². The summed E-state index contributed by atoms with van der Waals surface area (Å²) in [6.45, 7) is 1.64. The number of rotatable bonds is 1. The van der Waals surface area contributed by atoms with Gasteiger partial charge in [-0.2, -0.15) is 0 Å². The van der Waals surface area contributed by atoms with Gasteiger partial charge in [0.05, 0.1) is 0 Å². The molecule has 0 saturated carbocycles. The molecule has 13 heavy (non-hydrogen) atoms. The standard InChI is InChI=1S/C10H9NO2/c1-10(8(12)11-9(10)13)7-5-3-2-4-6-7/h2-6H,1H3,(H,11,12,13). The lowest BCUT2D eigenvalue weighted by atomic mass is 9.75. The molecule has 2 rings (SSSR count). The monoisotopic (exact) mass is 175 g/mol. The van der Waals surface area contributed by atoms with Gasteiger partial charge in [0.1, 0.15) is 0 Å². The molecular formula is C10H9NO2. The van der Waals surface area contributed by atoms with Crippen LogP contribution in [0.15, 0.2) is 30.3 Å². The van der Waals surface area contributed by atoms with Gasteiger partial charge in [-0.3, -0.25) is 14.9 Å². The summed E-state index contributed by atoms with van der Waals surface area (Å²) in [5, 5.41) is 2.22. The van der Waals surface area contributed by atoms with Crippen LogP contribution in [0.4, 0.5) is 0 Å². The van der Waals surface area contributed by atoms with E-state index in [1.165, 1.54) is 0 Å². The molecule has 1 fully saturated rings. The molecule has 0 spiro atoms. The predicted octanol–water partition coefficient (Wildman–Crippen LogP) is 0.601. The van der Waals surface area contributed by atoms with Crippen molar-refractivity contribution in [3.05, 3.63) is 35.9 Å². The molecule has 0 radical (unpaired) electrons. The van der Waals surface area contributed by atoms with E-state index in [2.05, 4.69) is 5.32 Å². The molecule has 0 bridgehead atoms. The van der Waals surface area contributed by atoms with Gasteiger partial charge in [-0.25, -0.2) is 0 Å². The van der Waals surface area contributed by atoms with Gasteiger partial charge in [0.2, 0.25) is 11.8 Å².